The molecule has 0 saturated heterocycles. The fourth-order valence-electron chi connectivity index (χ4n) is 3.09. The summed E-state index contributed by atoms with van der Waals surface area (Å²) < 4.78 is 31.5. The molecule has 1 N–H and O–H groups in total. The lowest BCUT2D eigenvalue weighted by atomic mass is 9.99. The number of anilines is 1. The van der Waals surface area contributed by atoms with Crippen LogP contribution in [0.1, 0.15) is 43.0 Å². The van der Waals surface area contributed by atoms with Gasteiger partial charge in [-0.1, -0.05) is 37.3 Å². The summed E-state index contributed by atoms with van der Waals surface area (Å²) in [6, 6.07) is 12.7. The van der Waals surface area contributed by atoms with Crippen molar-refractivity contribution >= 4 is 21.6 Å². The number of para-hydroxylation sites is 2. The molecule has 0 aliphatic heterocycles. The Morgan fingerprint density at radius 3 is 2.38 bits per heavy atom. The summed E-state index contributed by atoms with van der Waals surface area (Å²) >= 11 is 0. The maximum atomic E-state index is 12.8. The van der Waals surface area contributed by atoms with Crippen molar-refractivity contribution in [2.24, 2.45) is 0 Å². The van der Waals surface area contributed by atoms with Crippen molar-refractivity contribution in [2.45, 2.75) is 40.2 Å². The molecule has 0 aromatic heterocycles. The van der Waals surface area contributed by atoms with Gasteiger partial charge < -0.3 is 10.1 Å². The Kier molecular flexibility index (Phi) is 7.67. The van der Waals surface area contributed by atoms with Crippen LogP contribution in [0.25, 0.3) is 0 Å². The average molecular weight is 419 g/mol. The number of benzene rings is 2. The summed E-state index contributed by atoms with van der Waals surface area (Å²) in [7, 11) is -3.68. The minimum atomic E-state index is -3.68. The summed E-state index contributed by atoms with van der Waals surface area (Å²) in [6.45, 7) is 7.96. The van der Waals surface area contributed by atoms with E-state index >= 15 is 0 Å². The number of amides is 1. The van der Waals surface area contributed by atoms with Gasteiger partial charge in [-0.25, -0.2) is 8.42 Å². The fourth-order valence-corrected chi connectivity index (χ4v) is 3.95. The molecule has 0 aliphatic carbocycles. The van der Waals surface area contributed by atoms with Crippen molar-refractivity contribution < 1.29 is 17.9 Å². The highest BCUT2D eigenvalue weighted by Crippen LogP contribution is 2.30. The summed E-state index contributed by atoms with van der Waals surface area (Å²) in [5.74, 6) is 0.0567. The molecule has 29 heavy (non-hydrogen) atoms. The molecule has 158 valence electrons. The van der Waals surface area contributed by atoms with E-state index in [9.17, 15) is 13.2 Å². The van der Waals surface area contributed by atoms with E-state index < -0.39 is 10.0 Å². The third-order valence-electron chi connectivity index (χ3n) is 4.80. The lowest BCUT2D eigenvalue weighted by molar-refractivity contribution is -0.120. The van der Waals surface area contributed by atoms with E-state index in [2.05, 4.69) is 11.4 Å². The molecule has 0 spiro atoms. The number of hydrogen-bond acceptors (Lipinski definition) is 4. The smallest absolute Gasteiger partial charge is 0.241 e. The van der Waals surface area contributed by atoms with Crippen molar-refractivity contribution in [1.29, 1.82) is 0 Å². The minimum absolute atomic E-state index is 0.189. The molecular formula is C22H30N2O4S. The van der Waals surface area contributed by atoms with Gasteiger partial charge in [-0.15, -0.1) is 0 Å². The van der Waals surface area contributed by atoms with Gasteiger partial charge in [-0.05, 0) is 56.0 Å². The van der Waals surface area contributed by atoms with E-state index in [1.165, 1.54) is 5.56 Å². The zero-order valence-corrected chi connectivity index (χ0v) is 18.5. The number of aryl methyl sites for hydroxylation is 2. The number of nitrogens with zero attached hydrogens (tertiary/aromatic N) is 1. The van der Waals surface area contributed by atoms with Crippen LogP contribution >= 0.6 is 0 Å². The molecule has 2 rings (SSSR count). The number of ether oxygens (including phenoxy) is 1. The van der Waals surface area contributed by atoms with Crippen LogP contribution in [0.5, 0.6) is 5.75 Å². The van der Waals surface area contributed by atoms with E-state index in [1.54, 1.807) is 24.3 Å². The molecule has 0 saturated carbocycles. The molecular weight excluding hydrogens is 388 g/mol. The van der Waals surface area contributed by atoms with E-state index in [1.807, 2.05) is 39.8 Å². The molecule has 2 aromatic rings. The van der Waals surface area contributed by atoms with Crippen LogP contribution in [0, 0.1) is 13.8 Å². The van der Waals surface area contributed by atoms with Gasteiger partial charge in [-0.3, -0.25) is 9.10 Å². The SMILES string of the molecule is CCOc1ccccc1N(CC(=O)N[C@@H](CC)c1ccc(C)c(C)c1)S(C)(=O)=O. The van der Waals surface area contributed by atoms with Crippen molar-refractivity contribution in [3.05, 3.63) is 59.2 Å². The van der Waals surface area contributed by atoms with Crippen LogP contribution in [0.3, 0.4) is 0 Å². The number of nitrogens with one attached hydrogen (secondary N) is 1. The molecule has 6 nitrogen and oxygen atoms in total. The molecule has 0 aliphatic rings. The first-order valence-corrected chi connectivity index (χ1v) is 11.6. The maximum absolute atomic E-state index is 12.8. The zero-order chi connectivity index (χ0) is 21.6. The van der Waals surface area contributed by atoms with Gasteiger partial charge >= 0.3 is 0 Å². The molecule has 0 fully saturated rings. The Morgan fingerprint density at radius 1 is 1.10 bits per heavy atom. The van der Waals surface area contributed by atoms with Crippen molar-refractivity contribution in [2.75, 3.05) is 23.7 Å². The number of rotatable bonds is 9. The predicted molar refractivity (Wildman–Crippen MR) is 117 cm³/mol. The Morgan fingerprint density at radius 2 is 1.79 bits per heavy atom. The predicted octanol–water partition coefficient (Wildman–Crippen LogP) is 3.74. The monoisotopic (exact) mass is 418 g/mol. The highest BCUT2D eigenvalue weighted by molar-refractivity contribution is 7.92. The largest absolute Gasteiger partial charge is 0.492 e. The summed E-state index contributed by atoms with van der Waals surface area (Å²) in [6.07, 6.45) is 1.78. The lowest BCUT2D eigenvalue weighted by Crippen LogP contribution is -2.41. The van der Waals surface area contributed by atoms with Crippen molar-refractivity contribution in [3.63, 3.8) is 0 Å². The molecule has 1 atom stereocenters. The molecule has 0 unspecified atom stereocenters. The van der Waals surface area contributed by atoms with E-state index in [4.69, 9.17) is 4.74 Å². The summed E-state index contributed by atoms with van der Waals surface area (Å²) in [5.41, 5.74) is 3.69. The van der Waals surface area contributed by atoms with Crippen molar-refractivity contribution in [1.82, 2.24) is 5.32 Å². The highest BCUT2D eigenvalue weighted by atomic mass is 32.2. The molecule has 7 heteroatoms. The topological polar surface area (TPSA) is 75.7 Å². The van der Waals surface area contributed by atoms with Gasteiger partial charge in [0.1, 0.15) is 12.3 Å². The molecule has 1 amide bonds. The quantitative estimate of drug-likeness (QED) is 0.673. The molecule has 2 aromatic carbocycles. The molecule has 0 heterocycles. The standard InChI is InChI=1S/C22H30N2O4S/c1-6-19(18-13-12-16(3)17(4)14-18)23-22(25)15-24(29(5,26)27)20-10-8-9-11-21(20)28-7-2/h8-14,19H,6-7,15H2,1-5H3,(H,23,25)/t19-/m0/s1. The average Bonchev–Trinajstić information content (AvgIpc) is 2.66. The third-order valence-corrected chi connectivity index (χ3v) is 5.92. The number of carbonyl (C=O) groups excluding carboxylic acids is 1. The number of hydrogen-bond donors (Lipinski definition) is 1. The van der Waals surface area contributed by atoms with Crippen LogP contribution in [0.15, 0.2) is 42.5 Å². The third kappa shape index (κ3) is 5.97. The Hall–Kier alpha value is -2.54. The van der Waals surface area contributed by atoms with Crippen LogP contribution in [0.4, 0.5) is 5.69 Å². The fraction of sp³-hybridized carbons (Fsp3) is 0.409. The Bertz CT molecular complexity index is 957. The van der Waals surface area contributed by atoms with Crippen molar-refractivity contribution in [3.8, 4) is 5.75 Å². The Balaban J connectivity index is 2.25. The minimum Gasteiger partial charge on any atom is -0.492 e. The zero-order valence-electron chi connectivity index (χ0n) is 17.7. The van der Waals surface area contributed by atoms with Gasteiger partial charge in [0.15, 0.2) is 0 Å². The van der Waals surface area contributed by atoms with Gasteiger partial charge in [0, 0.05) is 0 Å². The molecule has 0 bridgehead atoms. The first-order chi connectivity index (χ1) is 13.7. The van der Waals surface area contributed by atoms with Gasteiger partial charge in [0.25, 0.3) is 0 Å². The normalized spacial score (nSPS) is 12.3. The summed E-state index contributed by atoms with van der Waals surface area (Å²) in [5, 5.41) is 2.97. The van der Waals surface area contributed by atoms with E-state index in [0.29, 0.717) is 24.5 Å². The van der Waals surface area contributed by atoms with E-state index in [-0.39, 0.29) is 18.5 Å². The van der Waals surface area contributed by atoms with Gasteiger partial charge in [0.2, 0.25) is 15.9 Å². The van der Waals surface area contributed by atoms with Crippen LogP contribution in [-0.2, 0) is 14.8 Å². The Labute approximate surface area is 173 Å². The van der Waals surface area contributed by atoms with Crippen LogP contribution in [-0.4, -0.2) is 33.7 Å². The second-order valence-corrected chi connectivity index (χ2v) is 8.95. The molecule has 0 radical (unpaired) electrons. The van der Waals surface area contributed by atoms with Gasteiger partial charge in [-0.2, -0.15) is 0 Å². The maximum Gasteiger partial charge on any atom is 0.241 e. The van der Waals surface area contributed by atoms with Gasteiger partial charge in [0.05, 0.1) is 24.6 Å². The number of sulfonamides is 1. The summed E-state index contributed by atoms with van der Waals surface area (Å²) in [4.78, 5) is 12.8. The lowest BCUT2D eigenvalue weighted by Gasteiger charge is -2.25. The van der Waals surface area contributed by atoms with E-state index in [0.717, 1.165) is 21.7 Å². The first-order valence-electron chi connectivity index (χ1n) is 9.73. The van der Waals surface area contributed by atoms with Crippen LogP contribution in [0.2, 0.25) is 0 Å². The first kappa shape index (κ1) is 22.7. The second kappa shape index (κ2) is 9.78. The number of carbonyl (C=O) groups is 1. The second-order valence-electron chi connectivity index (χ2n) is 7.04. The van der Waals surface area contributed by atoms with Crippen LogP contribution < -0.4 is 14.4 Å². The highest BCUT2D eigenvalue weighted by Gasteiger charge is 2.25.